The van der Waals surface area contributed by atoms with Gasteiger partial charge in [0.2, 0.25) is 0 Å². The van der Waals surface area contributed by atoms with E-state index in [0.717, 1.165) is 16.1 Å². The number of halogens is 1. The van der Waals surface area contributed by atoms with Crippen LogP contribution in [0.5, 0.6) is 0 Å². The summed E-state index contributed by atoms with van der Waals surface area (Å²) >= 11 is 5.73. The van der Waals surface area contributed by atoms with Gasteiger partial charge in [0.05, 0.1) is 17.4 Å². The Hall–Kier alpha value is -0.280. The fourth-order valence-corrected chi connectivity index (χ4v) is 1.08. The normalized spacial score (nSPS) is 9.55. The summed E-state index contributed by atoms with van der Waals surface area (Å²) in [4.78, 5) is 7.01. The Bertz CT molecular complexity index is 358. The summed E-state index contributed by atoms with van der Waals surface area (Å²) < 4.78 is 0. The molecule has 0 aliphatic rings. The fraction of sp³-hybridized carbons (Fsp3) is 0. The van der Waals surface area contributed by atoms with E-state index in [2.05, 4.69) is 9.97 Å². The Balaban J connectivity index is 0.000000605. The van der Waals surface area contributed by atoms with Crippen molar-refractivity contribution in [1.29, 1.82) is 0 Å². The van der Waals surface area contributed by atoms with Crippen molar-refractivity contribution in [3.05, 3.63) is 29.5 Å². The molecule has 4 heteroatoms. The molecule has 0 spiro atoms. The SMILES string of the molecule is Clc1ccc2nc[nH]c2c1.[Ag+]. The Morgan fingerprint density at radius 1 is 1.36 bits per heavy atom. The van der Waals surface area contributed by atoms with E-state index in [-0.39, 0.29) is 22.4 Å². The van der Waals surface area contributed by atoms with Crippen molar-refractivity contribution < 1.29 is 22.4 Å². The van der Waals surface area contributed by atoms with Gasteiger partial charge in [-0.3, -0.25) is 0 Å². The van der Waals surface area contributed by atoms with Crippen LogP contribution in [0.1, 0.15) is 0 Å². The van der Waals surface area contributed by atoms with Gasteiger partial charge in [0.1, 0.15) is 0 Å². The van der Waals surface area contributed by atoms with Gasteiger partial charge in [-0.25, -0.2) is 4.98 Å². The minimum absolute atomic E-state index is 0. The number of aromatic amines is 1. The van der Waals surface area contributed by atoms with Crippen molar-refractivity contribution in [1.82, 2.24) is 9.97 Å². The van der Waals surface area contributed by atoms with Gasteiger partial charge in [-0.2, -0.15) is 0 Å². The third-order valence-corrected chi connectivity index (χ3v) is 1.62. The average Bonchev–Trinajstić information content (AvgIpc) is 2.33. The van der Waals surface area contributed by atoms with Crippen LogP contribution in [0.25, 0.3) is 11.0 Å². The standard InChI is InChI=1S/C7H5ClN2.Ag/c8-5-1-2-6-7(3-5)10-4-9-6;/h1-4H,(H,9,10);/q;+1. The second kappa shape index (κ2) is 3.41. The van der Waals surface area contributed by atoms with Crippen LogP contribution in [0.15, 0.2) is 24.5 Å². The quantitative estimate of drug-likeness (QED) is 0.723. The Kier molecular flexibility index (Phi) is 2.73. The minimum Gasteiger partial charge on any atom is -0.345 e. The first-order valence-electron chi connectivity index (χ1n) is 2.95. The molecule has 60 valence electrons. The molecule has 0 saturated carbocycles. The molecule has 11 heavy (non-hydrogen) atoms. The largest absolute Gasteiger partial charge is 1.00 e. The number of rotatable bonds is 0. The van der Waals surface area contributed by atoms with Gasteiger partial charge in [0.25, 0.3) is 0 Å². The van der Waals surface area contributed by atoms with Crippen LogP contribution in [0.2, 0.25) is 5.02 Å². The minimum atomic E-state index is 0. The maximum absolute atomic E-state index is 5.73. The molecule has 0 atom stereocenters. The molecule has 0 unspecified atom stereocenters. The molecule has 1 heterocycles. The van der Waals surface area contributed by atoms with Crippen molar-refractivity contribution in [2.75, 3.05) is 0 Å². The molecule has 1 aromatic heterocycles. The summed E-state index contributed by atoms with van der Waals surface area (Å²) in [6.45, 7) is 0. The van der Waals surface area contributed by atoms with Crippen molar-refractivity contribution in [3.8, 4) is 0 Å². The second-order valence-electron chi connectivity index (χ2n) is 2.06. The predicted molar refractivity (Wildman–Crippen MR) is 41.1 cm³/mol. The Morgan fingerprint density at radius 3 is 3.00 bits per heavy atom. The van der Waals surface area contributed by atoms with Crippen LogP contribution >= 0.6 is 11.6 Å². The van der Waals surface area contributed by atoms with Crippen molar-refractivity contribution in [2.24, 2.45) is 0 Å². The molecule has 0 aliphatic carbocycles. The summed E-state index contributed by atoms with van der Waals surface area (Å²) in [6, 6.07) is 5.56. The average molecular weight is 260 g/mol. The third kappa shape index (κ3) is 1.65. The summed E-state index contributed by atoms with van der Waals surface area (Å²) in [7, 11) is 0. The summed E-state index contributed by atoms with van der Waals surface area (Å²) in [5, 5.41) is 0.733. The molecular formula is C7H5AgClN2+. The maximum atomic E-state index is 5.73. The van der Waals surface area contributed by atoms with Gasteiger partial charge in [-0.15, -0.1) is 0 Å². The zero-order chi connectivity index (χ0) is 6.97. The van der Waals surface area contributed by atoms with E-state index in [1.54, 1.807) is 6.33 Å². The molecule has 2 nitrogen and oxygen atoms in total. The topological polar surface area (TPSA) is 28.7 Å². The van der Waals surface area contributed by atoms with Gasteiger partial charge in [-0.05, 0) is 18.2 Å². The van der Waals surface area contributed by atoms with E-state index in [9.17, 15) is 0 Å². The molecular weight excluding hydrogens is 255 g/mol. The van der Waals surface area contributed by atoms with Gasteiger partial charge in [0.15, 0.2) is 0 Å². The van der Waals surface area contributed by atoms with Crippen molar-refractivity contribution in [3.63, 3.8) is 0 Å². The number of H-pyrrole nitrogens is 1. The first-order chi connectivity index (χ1) is 4.86. The smallest absolute Gasteiger partial charge is 0.345 e. The number of aromatic nitrogens is 2. The molecule has 2 rings (SSSR count). The summed E-state index contributed by atoms with van der Waals surface area (Å²) in [5.41, 5.74) is 1.93. The number of imidazole rings is 1. The van der Waals surface area contributed by atoms with Crippen LogP contribution in [0.4, 0.5) is 0 Å². The van der Waals surface area contributed by atoms with Gasteiger partial charge >= 0.3 is 22.4 Å². The monoisotopic (exact) mass is 259 g/mol. The van der Waals surface area contributed by atoms with Gasteiger partial charge in [-0.1, -0.05) is 11.6 Å². The first kappa shape index (κ1) is 8.81. The van der Waals surface area contributed by atoms with Gasteiger partial charge in [0, 0.05) is 5.02 Å². The second-order valence-corrected chi connectivity index (χ2v) is 2.50. The number of fused-ring (bicyclic) bond motifs is 1. The molecule has 0 amide bonds. The Morgan fingerprint density at radius 2 is 2.18 bits per heavy atom. The number of nitrogens with one attached hydrogen (secondary N) is 1. The zero-order valence-corrected chi connectivity index (χ0v) is 7.67. The van der Waals surface area contributed by atoms with Crippen LogP contribution in [-0.2, 0) is 22.4 Å². The van der Waals surface area contributed by atoms with Crippen LogP contribution in [0.3, 0.4) is 0 Å². The Labute approximate surface area is 84.5 Å². The van der Waals surface area contributed by atoms with Crippen LogP contribution in [0, 0.1) is 0 Å². The van der Waals surface area contributed by atoms with E-state index in [1.165, 1.54) is 0 Å². The molecule has 0 aliphatic heterocycles. The van der Waals surface area contributed by atoms with Crippen LogP contribution < -0.4 is 0 Å². The number of nitrogens with zero attached hydrogens (tertiary/aromatic N) is 1. The summed E-state index contributed by atoms with van der Waals surface area (Å²) in [6.07, 6.45) is 1.65. The molecule has 1 N–H and O–H groups in total. The van der Waals surface area contributed by atoms with Crippen molar-refractivity contribution >= 4 is 22.6 Å². The molecule has 0 bridgehead atoms. The maximum Gasteiger partial charge on any atom is 1.00 e. The number of hydrogen-bond acceptors (Lipinski definition) is 1. The van der Waals surface area contributed by atoms with Gasteiger partial charge < -0.3 is 4.98 Å². The van der Waals surface area contributed by atoms with E-state index in [0.29, 0.717) is 0 Å². The molecule has 1 aromatic carbocycles. The van der Waals surface area contributed by atoms with E-state index in [1.807, 2.05) is 18.2 Å². The van der Waals surface area contributed by atoms with E-state index >= 15 is 0 Å². The fourth-order valence-electron chi connectivity index (χ4n) is 0.908. The first-order valence-corrected chi connectivity index (χ1v) is 3.33. The van der Waals surface area contributed by atoms with E-state index < -0.39 is 0 Å². The van der Waals surface area contributed by atoms with Crippen LogP contribution in [-0.4, -0.2) is 9.97 Å². The zero-order valence-electron chi connectivity index (χ0n) is 5.44. The molecule has 0 radical (unpaired) electrons. The third-order valence-electron chi connectivity index (χ3n) is 1.38. The molecule has 0 fully saturated rings. The number of benzene rings is 1. The summed E-state index contributed by atoms with van der Waals surface area (Å²) in [5.74, 6) is 0. The number of hydrogen-bond donors (Lipinski definition) is 1. The predicted octanol–water partition coefficient (Wildman–Crippen LogP) is 2.21. The molecule has 0 saturated heterocycles. The molecule has 2 aromatic rings. The van der Waals surface area contributed by atoms with Crippen molar-refractivity contribution in [2.45, 2.75) is 0 Å². The van der Waals surface area contributed by atoms with E-state index in [4.69, 9.17) is 11.6 Å².